The standard InChI is InChI=1S/C9H11BrClN3/c10-7-3-12-8(13-4-7)14-6-9(5-11)1-2-9/h3-4H,1-2,5-6H2,(H,12,13,14). The van der Waals surface area contributed by atoms with Crippen LogP contribution in [0.4, 0.5) is 5.95 Å². The van der Waals surface area contributed by atoms with Crippen molar-refractivity contribution in [3.63, 3.8) is 0 Å². The van der Waals surface area contributed by atoms with Crippen molar-refractivity contribution in [1.29, 1.82) is 0 Å². The van der Waals surface area contributed by atoms with E-state index < -0.39 is 0 Å². The van der Waals surface area contributed by atoms with Crippen LogP contribution in [0.15, 0.2) is 16.9 Å². The number of hydrogen-bond acceptors (Lipinski definition) is 3. The first-order chi connectivity index (χ1) is 6.74. The molecule has 0 aliphatic heterocycles. The Morgan fingerprint density at radius 2 is 2.07 bits per heavy atom. The summed E-state index contributed by atoms with van der Waals surface area (Å²) in [4.78, 5) is 8.26. The summed E-state index contributed by atoms with van der Waals surface area (Å²) in [5, 5.41) is 3.20. The molecule has 5 heteroatoms. The molecule has 1 N–H and O–H groups in total. The normalized spacial score (nSPS) is 17.9. The SMILES string of the molecule is ClCC1(CNc2ncc(Br)cn2)CC1. The summed E-state index contributed by atoms with van der Waals surface area (Å²) in [5.74, 6) is 1.39. The van der Waals surface area contributed by atoms with Gasteiger partial charge in [-0.25, -0.2) is 9.97 Å². The van der Waals surface area contributed by atoms with E-state index in [2.05, 4.69) is 31.2 Å². The van der Waals surface area contributed by atoms with Crippen LogP contribution in [0.25, 0.3) is 0 Å². The van der Waals surface area contributed by atoms with Crippen molar-refractivity contribution in [3.8, 4) is 0 Å². The summed E-state index contributed by atoms with van der Waals surface area (Å²) >= 11 is 9.15. The first-order valence-corrected chi connectivity index (χ1v) is 5.84. The van der Waals surface area contributed by atoms with Crippen molar-refractivity contribution in [3.05, 3.63) is 16.9 Å². The summed E-state index contributed by atoms with van der Waals surface area (Å²) in [5.41, 5.74) is 0.304. The third kappa shape index (κ3) is 2.36. The van der Waals surface area contributed by atoms with Crippen LogP contribution >= 0.6 is 27.5 Å². The topological polar surface area (TPSA) is 37.8 Å². The van der Waals surface area contributed by atoms with E-state index in [1.54, 1.807) is 12.4 Å². The zero-order valence-electron chi connectivity index (χ0n) is 7.63. The molecule has 0 unspecified atom stereocenters. The molecule has 0 aromatic carbocycles. The molecule has 0 atom stereocenters. The molecule has 1 saturated carbocycles. The second-order valence-electron chi connectivity index (χ2n) is 3.71. The van der Waals surface area contributed by atoms with Gasteiger partial charge < -0.3 is 5.32 Å². The monoisotopic (exact) mass is 275 g/mol. The third-order valence-corrected chi connectivity index (χ3v) is 3.46. The van der Waals surface area contributed by atoms with Crippen LogP contribution < -0.4 is 5.32 Å². The Morgan fingerprint density at radius 3 is 2.57 bits per heavy atom. The summed E-state index contributed by atoms with van der Waals surface area (Å²) in [7, 11) is 0. The largest absolute Gasteiger partial charge is 0.354 e. The molecule has 0 bridgehead atoms. The van der Waals surface area contributed by atoms with Gasteiger partial charge in [0.2, 0.25) is 5.95 Å². The minimum atomic E-state index is 0.304. The molecule has 1 aromatic rings. The van der Waals surface area contributed by atoms with E-state index in [9.17, 15) is 0 Å². The van der Waals surface area contributed by atoms with Gasteiger partial charge in [0.05, 0.1) is 4.47 Å². The van der Waals surface area contributed by atoms with Gasteiger partial charge in [-0.2, -0.15) is 0 Å². The zero-order valence-corrected chi connectivity index (χ0v) is 9.98. The number of anilines is 1. The van der Waals surface area contributed by atoms with E-state index >= 15 is 0 Å². The molecule has 0 radical (unpaired) electrons. The number of nitrogens with zero attached hydrogens (tertiary/aromatic N) is 2. The maximum absolute atomic E-state index is 5.86. The van der Waals surface area contributed by atoms with Gasteiger partial charge in [0, 0.05) is 30.2 Å². The Kier molecular flexibility index (Phi) is 2.93. The number of halogens is 2. The van der Waals surface area contributed by atoms with Crippen LogP contribution in [-0.2, 0) is 0 Å². The molecule has 0 amide bonds. The van der Waals surface area contributed by atoms with E-state index in [0.29, 0.717) is 11.4 Å². The predicted octanol–water partition coefficient (Wildman–Crippen LogP) is 2.67. The van der Waals surface area contributed by atoms with E-state index in [1.807, 2.05) is 0 Å². The first kappa shape index (κ1) is 10.2. The number of hydrogen-bond donors (Lipinski definition) is 1. The van der Waals surface area contributed by atoms with E-state index in [0.717, 1.165) is 16.9 Å². The highest BCUT2D eigenvalue weighted by Gasteiger charge is 2.41. The fraction of sp³-hybridized carbons (Fsp3) is 0.556. The van der Waals surface area contributed by atoms with Gasteiger partial charge in [-0.3, -0.25) is 0 Å². The van der Waals surface area contributed by atoms with Crippen LogP contribution in [0.2, 0.25) is 0 Å². The fourth-order valence-corrected chi connectivity index (χ4v) is 1.77. The van der Waals surface area contributed by atoms with Gasteiger partial charge >= 0.3 is 0 Å². The Balaban J connectivity index is 1.89. The smallest absolute Gasteiger partial charge is 0.222 e. The van der Waals surface area contributed by atoms with E-state index in [4.69, 9.17) is 11.6 Å². The van der Waals surface area contributed by atoms with Crippen LogP contribution in [0.1, 0.15) is 12.8 Å². The van der Waals surface area contributed by atoms with Crippen molar-refractivity contribution in [1.82, 2.24) is 9.97 Å². The molecule has 1 aliphatic carbocycles. The van der Waals surface area contributed by atoms with Crippen LogP contribution in [0, 0.1) is 5.41 Å². The average Bonchev–Trinajstić information content (AvgIpc) is 2.98. The summed E-state index contributed by atoms with van der Waals surface area (Å²) in [6.07, 6.45) is 5.88. The van der Waals surface area contributed by atoms with Crippen molar-refractivity contribution in [2.75, 3.05) is 17.7 Å². The lowest BCUT2D eigenvalue weighted by atomic mass is 10.1. The fourth-order valence-electron chi connectivity index (χ4n) is 1.20. The molecule has 0 saturated heterocycles. The van der Waals surface area contributed by atoms with Gasteiger partial charge in [-0.1, -0.05) is 0 Å². The maximum Gasteiger partial charge on any atom is 0.222 e. The second kappa shape index (κ2) is 4.03. The molecule has 1 heterocycles. The molecular weight excluding hydrogens is 265 g/mol. The molecule has 1 fully saturated rings. The van der Waals surface area contributed by atoms with Gasteiger partial charge in [0.25, 0.3) is 0 Å². The molecule has 76 valence electrons. The summed E-state index contributed by atoms with van der Waals surface area (Å²) in [6.45, 7) is 0.873. The minimum absolute atomic E-state index is 0.304. The predicted molar refractivity (Wildman–Crippen MR) is 60.6 cm³/mol. The Morgan fingerprint density at radius 1 is 1.43 bits per heavy atom. The Bertz CT molecular complexity index is 310. The quantitative estimate of drug-likeness (QED) is 0.859. The van der Waals surface area contributed by atoms with E-state index in [1.165, 1.54) is 12.8 Å². The van der Waals surface area contributed by atoms with Crippen LogP contribution in [0.5, 0.6) is 0 Å². The summed E-state index contributed by atoms with van der Waals surface area (Å²) in [6, 6.07) is 0. The lowest BCUT2D eigenvalue weighted by molar-refractivity contribution is 0.615. The molecular formula is C9H11BrClN3. The first-order valence-electron chi connectivity index (χ1n) is 4.51. The lowest BCUT2D eigenvalue weighted by Crippen LogP contribution is -2.18. The number of rotatable bonds is 4. The maximum atomic E-state index is 5.86. The Labute approximate surface area is 96.4 Å². The number of aromatic nitrogens is 2. The molecule has 0 spiro atoms. The van der Waals surface area contributed by atoms with Crippen LogP contribution in [-0.4, -0.2) is 22.4 Å². The molecule has 3 nitrogen and oxygen atoms in total. The van der Waals surface area contributed by atoms with Gasteiger partial charge in [0.15, 0.2) is 0 Å². The zero-order chi connectivity index (χ0) is 10.0. The van der Waals surface area contributed by atoms with Crippen molar-refractivity contribution in [2.24, 2.45) is 5.41 Å². The van der Waals surface area contributed by atoms with Gasteiger partial charge in [-0.05, 0) is 28.8 Å². The van der Waals surface area contributed by atoms with Crippen molar-refractivity contribution in [2.45, 2.75) is 12.8 Å². The molecule has 14 heavy (non-hydrogen) atoms. The highest BCUT2D eigenvalue weighted by Crippen LogP contribution is 2.46. The van der Waals surface area contributed by atoms with E-state index in [-0.39, 0.29) is 0 Å². The molecule has 1 aromatic heterocycles. The van der Waals surface area contributed by atoms with Crippen LogP contribution in [0.3, 0.4) is 0 Å². The second-order valence-corrected chi connectivity index (χ2v) is 4.90. The number of nitrogens with one attached hydrogen (secondary N) is 1. The molecule has 1 aliphatic rings. The minimum Gasteiger partial charge on any atom is -0.354 e. The number of alkyl halides is 1. The molecule has 2 rings (SSSR count). The van der Waals surface area contributed by atoms with Gasteiger partial charge in [0.1, 0.15) is 0 Å². The van der Waals surface area contributed by atoms with Crippen molar-refractivity contribution < 1.29 is 0 Å². The third-order valence-electron chi connectivity index (χ3n) is 2.48. The lowest BCUT2D eigenvalue weighted by Gasteiger charge is -2.11. The van der Waals surface area contributed by atoms with Gasteiger partial charge in [-0.15, -0.1) is 11.6 Å². The average molecular weight is 277 g/mol. The summed E-state index contributed by atoms with van der Waals surface area (Å²) < 4.78 is 0.890. The highest BCUT2D eigenvalue weighted by atomic mass is 79.9. The Hall–Kier alpha value is -0.350. The van der Waals surface area contributed by atoms with Crippen molar-refractivity contribution >= 4 is 33.5 Å². The highest BCUT2D eigenvalue weighted by molar-refractivity contribution is 9.10.